The molecule has 25 heavy (non-hydrogen) atoms. The number of Topliss-reactive ketones (excluding diaryl/α,β-unsaturated/α-hetero) is 1. The van der Waals surface area contributed by atoms with Crippen molar-refractivity contribution in [3.8, 4) is 0 Å². The molecule has 2 aromatic heterocycles. The van der Waals surface area contributed by atoms with Crippen LogP contribution in [-0.2, 0) is 9.53 Å². The largest absolute Gasteiger partial charge is 0.462 e. The Bertz CT molecular complexity index is 813. The number of ether oxygens (including phenoxy) is 1. The molecule has 0 fully saturated rings. The summed E-state index contributed by atoms with van der Waals surface area (Å²) in [4.78, 5) is 40.6. The Morgan fingerprint density at radius 1 is 1.32 bits per heavy atom. The van der Waals surface area contributed by atoms with Crippen molar-refractivity contribution >= 4 is 45.8 Å². The number of esters is 1. The summed E-state index contributed by atoms with van der Waals surface area (Å²) in [7, 11) is 0. The molecular weight excluding hydrogens is 364 g/mol. The number of carbonyl (C=O) groups is 3. The monoisotopic (exact) mass is 382 g/mol. The van der Waals surface area contributed by atoms with Crippen molar-refractivity contribution in [2.24, 2.45) is 0 Å². The van der Waals surface area contributed by atoms with Crippen LogP contribution in [0.5, 0.6) is 0 Å². The molecule has 2 rings (SSSR count). The maximum absolute atomic E-state index is 12.2. The summed E-state index contributed by atoms with van der Waals surface area (Å²) in [6.07, 6.45) is 0. The summed E-state index contributed by atoms with van der Waals surface area (Å²) in [6.45, 7) is 6.75. The van der Waals surface area contributed by atoms with Gasteiger partial charge in [-0.05, 0) is 33.3 Å². The molecule has 0 aromatic carbocycles. The second-order valence-corrected chi connectivity index (χ2v) is 7.04. The molecule has 0 radical (unpaired) electrons. The Balaban J connectivity index is 2.16. The molecule has 0 bridgehead atoms. The van der Waals surface area contributed by atoms with E-state index in [0.29, 0.717) is 26.4 Å². The normalized spacial score (nSPS) is 10.6. The van der Waals surface area contributed by atoms with Gasteiger partial charge in [0.05, 0.1) is 22.8 Å². The molecule has 0 spiro atoms. The van der Waals surface area contributed by atoms with Gasteiger partial charge in [0.2, 0.25) is 11.1 Å². The number of aryl methyl sites for hydroxylation is 1. The van der Waals surface area contributed by atoms with Crippen molar-refractivity contribution in [1.29, 1.82) is 0 Å². The summed E-state index contributed by atoms with van der Waals surface area (Å²) < 4.78 is 5.03. The summed E-state index contributed by atoms with van der Waals surface area (Å²) in [5.41, 5.74) is 0.743. The number of anilines is 1. The molecule has 8 nitrogen and oxygen atoms in total. The number of amides is 1. The number of nitrogens with one attached hydrogen (secondary N) is 2. The fourth-order valence-electron chi connectivity index (χ4n) is 2.07. The van der Waals surface area contributed by atoms with Crippen molar-refractivity contribution in [2.45, 2.75) is 32.9 Å². The Hall–Kier alpha value is -2.20. The smallest absolute Gasteiger partial charge is 0.341 e. The van der Waals surface area contributed by atoms with Crippen LogP contribution in [0.4, 0.5) is 5.00 Å². The zero-order chi connectivity index (χ0) is 18.6. The molecule has 2 heterocycles. The topological polar surface area (TPSA) is 114 Å². The number of H-pyrrole nitrogens is 1. The van der Waals surface area contributed by atoms with Gasteiger partial charge in [-0.25, -0.2) is 9.78 Å². The fraction of sp³-hybridized carbons (Fsp3) is 0.400. The Morgan fingerprint density at radius 2 is 2.04 bits per heavy atom. The highest BCUT2D eigenvalue weighted by Crippen LogP contribution is 2.34. The lowest BCUT2D eigenvalue weighted by molar-refractivity contribution is -0.113. The summed E-state index contributed by atoms with van der Waals surface area (Å²) >= 11 is 2.24. The first-order chi connectivity index (χ1) is 11.8. The van der Waals surface area contributed by atoms with Crippen LogP contribution in [-0.4, -0.2) is 45.2 Å². The van der Waals surface area contributed by atoms with E-state index in [1.807, 2.05) is 0 Å². The number of rotatable bonds is 7. The van der Waals surface area contributed by atoms with Gasteiger partial charge < -0.3 is 10.1 Å². The van der Waals surface area contributed by atoms with Crippen molar-refractivity contribution < 1.29 is 19.1 Å². The highest BCUT2D eigenvalue weighted by Gasteiger charge is 2.25. The van der Waals surface area contributed by atoms with Crippen LogP contribution in [0.25, 0.3) is 0 Å². The summed E-state index contributed by atoms with van der Waals surface area (Å²) in [5.74, 6) is -0.316. The molecule has 0 aliphatic heterocycles. The average Bonchev–Trinajstić information content (AvgIpc) is 3.09. The van der Waals surface area contributed by atoms with E-state index in [-0.39, 0.29) is 29.6 Å². The van der Waals surface area contributed by atoms with Gasteiger partial charge in [-0.3, -0.25) is 14.7 Å². The molecule has 0 unspecified atom stereocenters. The summed E-state index contributed by atoms with van der Waals surface area (Å²) in [5, 5.41) is 10.1. The predicted molar refractivity (Wildman–Crippen MR) is 95.5 cm³/mol. The summed E-state index contributed by atoms with van der Waals surface area (Å²) in [6, 6.07) is 0. The van der Waals surface area contributed by atoms with Crippen LogP contribution in [0, 0.1) is 13.8 Å². The molecule has 0 aliphatic carbocycles. The minimum atomic E-state index is -0.559. The van der Waals surface area contributed by atoms with Gasteiger partial charge in [-0.1, -0.05) is 11.8 Å². The van der Waals surface area contributed by atoms with Gasteiger partial charge in [-0.15, -0.1) is 16.4 Å². The van der Waals surface area contributed by atoms with Crippen LogP contribution in [0.15, 0.2) is 5.16 Å². The zero-order valence-corrected chi connectivity index (χ0v) is 15.9. The van der Waals surface area contributed by atoms with E-state index in [2.05, 4.69) is 20.5 Å². The SMILES string of the molecule is CCOC(=O)c1c(NC(=O)CSc2n[nH]c(C)n2)sc(C(C)=O)c1C. The minimum absolute atomic E-state index is 0.0753. The Morgan fingerprint density at radius 3 is 2.60 bits per heavy atom. The van der Waals surface area contributed by atoms with Gasteiger partial charge in [-0.2, -0.15) is 0 Å². The number of thioether (sulfide) groups is 1. The third kappa shape index (κ3) is 4.67. The molecule has 0 saturated heterocycles. The maximum Gasteiger partial charge on any atom is 0.341 e. The number of aromatic amines is 1. The lowest BCUT2D eigenvalue weighted by Gasteiger charge is -2.06. The molecule has 0 aliphatic rings. The van der Waals surface area contributed by atoms with Gasteiger partial charge in [0.15, 0.2) is 5.78 Å². The molecule has 2 N–H and O–H groups in total. The van der Waals surface area contributed by atoms with Crippen LogP contribution >= 0.6 is 23.1 Å². The molecule has 2 aromatic rings. The number of aromatic nitrogens is 3. The van der Waals surface area contributed by atoms with E-state index in [0.717, 1.165) is 11.3 Å². The molecule has 1 amide bonds. The third-order valence-corrected chi connectivity index (χ3v) is 5.26. The van der Waals surface area contributed by atoms with Crippen LogP contribution in [0.2, 0.25) is 0 Å². The van der Waals surface area contributed by atoms with E-state index in [1.165, 1.54) is 18.7 Å². The van der Waals surface area contributed by atoms with E-state index in [4.69, 9.17) is 4.74 Å². The van der Waals surface area contributed by atoms with Crippen LogP contribution in [0.3, 0.4) is 0 Å². The first-order valence-electron chi connectivity index (χ1n) is 7.46. The lowest BCUT2D eigenvalue weighted by atomic mass is 10.1. The number of hydrogen-bond acceptors (Lipinski definition) is 8. The number of ketones is 1. The van der Waals surface area contributed by atoms with E-state index < -0.39 is 5.97 Å². The predicted octanol–water partition coefficient (Wildman–Crippen LogP) is 2.59. The quantitative estimate of drug-likeness (QED) is 0.430. The average molecular weight is 382 g/mol. The number of hydrogen-bond donors (Lipinski definition) is 2. The number of thiophene rings is 1. The minimum Gasteiger partial charge on any atom is -0.462 e. The van der Waals surface area contributed by atoms with Gasteiger partial charge >= 0.3 is 5.97 Å². The number of nitrogens with zero attached hydrogens (tertiary/aromatic N) is 2. The van der Waals surface area contributed by atoms with Crippen molar-refractivity contribution in [2.75, 3.05) is 17.7 Å². The highest BCUT2D eigenvalue weighted by atomic mass is 32.2. The molecule has 134 valence electrons. The van der Waals surface area contributed by atoms with Crippen LogP contribution in [0.1, 0.15) is 45.3 Å². The molecule has 0 saturated carbocycles. The van der Waals surface area contributed by atoms with Crippen molar-refractivity contribution in [3.63, 3.8) is 0 Å². The first-order valence-corrected chi connectivity index (χ1v) is 9.26. The second kappa shape index (κ2) is 8.26. The second-order valence-electron chi connectivity index (χ2n) is 5.08. The third-order valence-electron chi connectivity index (χ3n) is 3.11. The molecule has 0 atom stereocenters. The Kier molecular flexibility index (Phi) is 6.32. The van der Waals surface area contributed by atoms with Crippen molar-refractivity contribution in [3.05, 3.63) is 21.8 Å². The Labute approximate surface area is 152 Å². The van der Waals surface area contributed by atoms with Gasteiger partial charge in [0.25, 0.3) is 0 Å². The van der Waals surface area contributed by atoms with E-state index in [9.17, 15) is 14.4 Å². The fourth-order valence-corrected chi connectivity index (χ4v) is 3.82. The first kappa shape index (κ1) is 19.1. The highest BCUT2D eigenvalue weighted by molar-refractivity contribution is 7.99. The van der Waals surface area contributed by atoms with Gasteiger partial charge in [0.1, 0.15) is 10.8 Å². The van der Waals surface area contributed by atoms with Crippen molar-refractivity contribution in [1.82, 2.24) is 15.2 Å². The zero-order valence-electron chi connectivity index (χ0n) is 14.3. The maximum atomic E-state index is 12.2. The van der Waals surface area contributed by atoms with Crippen LogP contribution < -0.4 is 5.32 Å². The number of carbonyl (C=O) groups excluding carboxylic acids is 3. The van der Waals surface area contributed by atoms with E-state index in [1.54, 1.807) is 20.8 Å². The molecular formula is C15H18N4O4S2. The molecule has 10 heteroatoms. The van der Waals surface area contributed by atoms with Gasteiger partial charge in [0, 0.05) is 0 Å². The standard InChI is InChI=1S/C15H18N4O4S2/c1-5-23-14(22)11-7(2)12(8(3)20)25-13(11)17-10(21)6-24-15-16-9(4)18-19-15/h5-6H2,1-4H3,(H,17,21)(H,16,18,19). The lowest BCUT2D eigenvalue weighted by Crippen LogP contribution is -2.16. The van der Waals surface area contributed by atoms with E-state index >= 15 is 0 Å².